The summed E-state index contributed by atoms with van der Waals surface area (Å²) in [4.78, 5) is 11.6. The summed E-state index contributed by atoms with van der Waals surface area (Å²) in [6.07, 6.45) is 0.775. The number of benzene rings is 1. The van der Waals surface area contributed by atoms with Crippen molar-refractivity contribution in [2.45, 2.75) is 39.7 Å². The molecule has 0 aliphatic rings. The smallest absolute Gasteiger partial charge is 0.311 e. The van der Waals surface area contributed by atoms with Crippen LogP contribution in [0, 0.1) is 11.8 Å². The first-order valence-electron chi connectivity index (χ1n) is 6.84. The van der Waals surface area contributed by atoms with Crippen LogP contribution in [0.25, 0.3) is 0 Å². The van der Waals surface area contributed by atoms with Crippen LogP contribution in [0.1, 0.15) is 44.4 Å². The van der Waals surface area contributed by atoms with Crippen LogP contribution in [-0.2, 0) is 16.0 Å². The molecule has 2 atom stereocenters. The molecule has 2 unspecified atom stereocenters. The molecule has 1 rings (SSSR count). The number of ether oxygens (including phenoxy) is 1. The Morgan fingerprint density at radius 2 is 1.84 bits per heavy atom. The van der Waals surface area contributed by atoms with E-state index in [2.05, 4.69) is 13.8 Å². The molecule has 0 heterocycles. The highest BCUT2D eigenvalue weighted by atomic mass is 16.5. The summed E-state index contributed by atoms with van der Waals surface area (Å²) in [6.45, 7) is 6.22. The van der Waals surface area contributed by atoms with E-state index in [0.717, 1.165) is 12.0 Å². The van der Waals surface area contributed by atoms with E-state index in [4.69, 9.17) is 4.74 Å². The fourth-order valence-electron chi connectivity index (χ4n) is 2.22. The topological polar surface area (TPSA) is 46.5 Å². The Morgan fingerprint density at radius 3 is 2.26 bits per heavy atom. The van der Waals surface area contributed by atoms with Gasteiger partial charge in [0.2, 0.25) is 0 Å². The van der Waals surface area contributed by atoms with E-state index in [1.807, 2.05) is 31.2 Å². The van der Waals surface area contributed by atoms with Gasteiger partial charge in [0.25, 0.3) is 0 Å². The summed E-state index contributed by atoms with van der Waals surface area (Å²) < 4.78 is 4.72. The van der Waals surface area contributed by atoms with Crippen molar-refractivity contribution in [3.63, 3.8) is 0 Å². The maximum Gasteiger partial charge on any atom is 0.311 e. The van der Waals surface area contributed by atoms with Gasteiger partial charge in [0, 0.05) is 0 Å². The van der Waals surface area contributed by atoms with Crippen LogP contribution in [-0.4, -0.2) is 18.2 Å². The second-order valence-electron chi connectivity index (χ2n) is 5.32. The van der Waals surface area contributed by atoms with Gasteiger partial charge in [-0.25, -0.2) is 0 Å². The second-order valence-corrected chi connectivity index (χ2v) is 5.32. The van der Waals surface area contributed by atoms with Crippen molar-refractivity contribution in [1.29, 1.82) is 0 Å². The second kappa shape index (κ2) is 7.29. The van der Waals surface area contributed by atoms with Crippen molar-refractivity contribution in [1.82, 2.24) is 0 Å². The molecule has 3 heteroatoms. The number of esters is 1. The third kappa shape index (κ3) is 4.35. The highest BCUT2D eigenvalue weighted by Gasteiger charge is 2.27. The van der Waals surface area contributed by atoms with Crippen molar-refractivity contribution in [3.05, 3.63) is 35.4 Å². The lowest BCUT2D eigenvalue weighted by Crippen LogP contribution is -2.23. The standard InChI is InChI=1S/C16H24O3/c1-5-14(16(18)19-4)15(17)13-8-6-12(7-9-13)10-11(2)3/h6-9,11,14-15,17H,5,10H2,1-4H3. The normalized spacial score (nSPS) is 14.2. The lowest BCUT2D eigenvalue weighted by Gasteiger charge is -2.20. The first kappa shape index (κ1) is 15.7. The number of carbonyl (C=O) groups excluding carboxylic acids is 1. The van der Waals surface area contributed by atoms with E-state index in [0.29, 0.717) is 12.3 Å². The van der Waals surface area contributed by atoms with Crippen LogP contribution in [0.2, 0.25) is 0 Å². The summed E-state index contributed by atoms with van der Waals surface area (Å²) >= 11 is 0. The van der Waals surface area contributed by atoms with Crippen LogP contribution in [0.3, 0.4) is 0 Å². The minimum Gasteiger partial charge on any atom is -0.469 e. The van der Waals surface area contributed by atoms with Gasteiger partial charge in [0.05, 0.1) is 19.1 Å². The molecule has 1 aromatic carbocycles. The third-order valence-corrected chi connectivity index (χ3v) is 3.29. The lowest BCUT2D eigenvalue weighted by atomic mass is 9.92. The molecular formula is C16H24O3. The Hall–Kier alpha value is -1.35. The van der Waals surface area contributed by atoms with Gasteiger partial charge in [0.15, 0.2) is 0 Å². The highest BCUT2D eigenvalue weighted by Crippen LogP contribution is 2.26. The predicted octanol–water partition coefficient (Wildman–Crippen LogP) is 3.12. The SMILES string of the molecule is CCC(C(=O)OC)C(O)c1ccc(CC(C)C)cc1. The van der Waals surface area contributed by atoms with Gasteiger partial charge in [-0.15, -0.1) is 0 Å². The summed E-state index contributed by atoms with van der Waals surface area (Å²) in [5.74, 6) is -0.253. The van der Waals surface area contributed by atoms with Crippen molar-refractivity contribution >= 4 is 5.97 Å². The third-order valence-electron chi connectivity index (χ3n) is 3.29. The number of rotatable bonds is 6. The van der Waals surface area contributed by atoms with Gasteiger partial charge in [-0.3, -0.25) is 4.79 Å². The van der Waals surface area contributed by atoms with Crippen LogP contribution in [0.15, 0.2) is 24.3 Å². The van der Waals surface area contributed by atoms with Crippen molar-refractivity contribution < 1.29 is 14.6 Å². The Balaban J connectivity index is 2.81. The Morgan fingerprint density at radius 1 is 1.26 bits per heavy atom. The molecule has 0 fully saturated rings. The van der Waals surface area contributed by atoms with Gasteiger partial charge < -0.3 is 9.84 Å². The van der Waals surface area contributed by atoms with Crippen molar-refractivity contribution in [3.8, 4) is 0 Å². The van der Waals surface area contributed by atoms with Crippen LogP contribution in [0.4, 0.5) is 0 Å². The zero-order valence-corrected chi connectivity index (χ0v) is 12.2. The minimum absolute atomic E-state index is 0.360. The lowest BCUT2D eigenvalue weighted by molar-refractivity contribution is -0.149. The first-order valence-corrected chi connectivity index (χ1v) is 6.84. The van der Waals surface area contributed by atoms with Crippen molar-refractivity contribution in [2.24, 2.45) is 11.8 Å². The largest absolute Gasteiger partial charge is 0.469 e. The molecule has 0 radical (unpaired) electrons. The van der Waals surface area contributed by atoms with E-state index in [-0.39, 0.29) is 5.97 Å². The average Bonchev–Trinajstić information content (AvgIpc) is 2.39. The van der Waals surface area contributed by atoms with Gasteiger partial charge >= 0.3 is 5.97 Å². The quantitative estimate of drug-likeness (QED) is 0.803. The summed E-state index contributed by atoms with van der Waals surface area (Å²) in [5, 5.41) is 10.3. The molecule has 0 aromatic heterocycles. The molecule has 0 amide bonds. The molecular weight excluding hydrogens is 240 g/mol. The Labute approximate surface area is 115 Å². The van der Waals surface area contributed by atoms with Gasteiger partial charge in [-0.2, -0.15) is 0 Å². The van der Waals surface area contributed by atoms with Crippen LogP contribution < -0.4 is 0 Å². The molecule has 1 aromatic rings. The predicted molar refractivity (Wildman–Crippen MR) is 75.7 cm³/mol. The van der Waals surface area contributed by atoms with Crippen molar-refractivity contribution in [2.75, 3.05) is 7.11 Å². The molecule has 0 aliphatic heterocycles. The van der Waals surface area contributed by atoms with Gasteiger partial charge in [-0.05, 0) is 29.9 Å². The fraction of sp³-hybridized carbons (Fsp3) is 0.562. The van der Waals surface area contributed by atoms with E-state index >= 15 is 0 Å². The molecule has 3 nitrogen and oxygen atoms in total. The maximum atomic E-state index is 11.6. The number of carbonyl (C=O) groups is 1. The first-order chi connectivity index (χ1) is 8.99. The Bertz CT molecular complexity index is 395. The molecule has 1 N–H and O–H groups in total. The van der Waals surface area contributed by atoms with Crippen LogP contribution >= 0.6 is 0 Å². The van der Waals surface area contributed by atoms with Gasteiger partial charge in [-0.1, -0.05) is 45.0 Å². The minimum atomic E-state index is -0.800. The van der Waals surface area contributed by atoms with E-state index in [9.17, 15) is 9.90 Å². The maximum absolute atomic E-state index is 11.6. The molecule has 0 aliphatic carbocycles. The summed E-state index contributed by atoms with van der Waals surface area (Å²) in [6, 6.07) is 7.83. The van der Waals surface area contributed by atoms with E-state index in [1.54, 1.807) is 0 Å². The summed E-state index contributed by atoms with van der Waals surface area (Å²) in [7, 11) is 1.35. The zero-order valence-electron chi connectivity index (χ0n) is 12.2. The molecule has 19 heavy (non-hydrogen) atoms. The molecule has 0 saturated carbocycles. The monoisotopic (exact) mass is 264 g/mol. The van der Waals surface area contributed by atoms with Crippen LogP contribution in [0.5, 0.6) is 0 Å². The average molecular weight is 264 g/mol. The highest BCUT2D eigenvalue weighted by molar-refractivity contribution is 5.73. The van der Waals surface area contributed by atoms with Gasteiger partial charge in [0.1, 0.15) is 0 Å². The van der Waals surface area contributed by atoms with E-state index in [1.165, 1.54) is 12.7 Å². The number of aliphatic hydroxyl groups excluding tert-OH is 1. The summed E-state index contributed by atoms with van der Waals surface area (Å²) in [5.41, 5.74) is 2.02. The molecule has 0 bridgehead atoms. The Kier molecular flexibility index (Phi) is 6.03. The zero-order chi connectivity index (χ0) is 14.4. The molecule has 0 saturated heterocycles. The number of hydrogen-bond acceptors (Lipinski definition) is 3. The molecule has 106 valence electrons. The number of methoxy groups -OCH3 is 1. The number of hydrogen-bond donors (Lipinski definition) is 1. The number of aliphatic hydroxyl groups is 1. The van der Waals surface area contributed by atoms with E-state index < -0.39 is 12.0 Å². The fourth-order valence-corrected chi connectivity index (χ4v) is 2.22. The molecule has 0 spiro atoms.